The van der Waals surface area contributed by atoms with Crippen molar-refractivity contribution in [2.75, 3.05) is 0 Å². The van der Waals surface area contributed by atoms with Crippen molar-refractivity contribution in [3.05, 3.63) is 59.1 Å². The molecule has 114 valence electrons. The highest BCUT2D eigenvalue weighted by molar-refractivity contribution is 9.11. The van der Waals surface area contributed by atoms with Crippen LogP contribution in [0.1, 0.15) is 12.0 Å². The van der Waals surface area contributed by atoms with Gasteiger partial charge in [-0.15, -0.1) is 0 Å². The number of benzene rings is 2. The zero-order valence-corrected chi connectivity index (χ0v) is 13.5. The van der Waals surface area contributed by atoms with E-state index in [0.29, 0.717) is 4.48 Å². The maximum absolute atomic E-state index is 12.0. The Kier molecular flexibility index (Phi) is 5.33. The normalized spacial score (nSPS) is 11.9. The van der Waals surface area contributed by atoms with Crippen LogP contribution in [0.4, 0.5) is 0 Å². The van der Waals surface area contributed by atoms with Gasteiger partial charge in [-0.3, -0.25) is 4.79 Å². The lowest BCUT2D eigenvalue weighted by Gasteiger charge is -2.14. The number of halogens is 1. The maximum atomic E-state index is 12.0. The highest BCUT2D eigenvalue weighted by Crippen LogP contribution is 2.16. The van der Waals surface area contributed by atoms with E-state index in [9.17, 15) is 9.59 Å². The number of carbonyl (C=O) groups is 2. The molecule has 2 aromatic carbocycles. The van der Waals surface area contributed by atoms with Crippen LogP contribution >= 0.6 is 15.9 Å². The Hall–Kier alpha value is -2.14. The van der Waals surface area contributed by atoms with Crippen LogP contribution in [0.2, 0.25) is 0 Å². The average molecular weight is 362 g/mol. The number of amides is 1. The summed E-state index contributed by atoms with van der Waals surface area (Å²) in [5.74, 6) is -1.40. The maximum Gasteiger partial charge on any atom is 0.326 e. The first-order valence-corrected chi connectivity index (χ1v) is 7.58. The van der Waals surface area contributed by atoms with Gasteiger partial charge in [-0.25, -0.2) is 4.79 Å². The van der Waals surface area contributed by atoms with Gasteiger partial charge in [0.25, 0.3) is 0 Å². The standard InChI is InChI=1S/C17H16BrNO3/c1-11(18)8-15(17(21)22)19-16(20)10-12-6-7-13-4-2-3-5-14(13)9-12/h2-7,9,15H,1,8,10H2,(H,19,20)(H,21,22)/t15-/m1/s1. The van der Waals surface area contributed by atoms with Crippen LogP contribution in [0.25, 0.3) is 10.8 Å². The van der Waals surface area contributed by atoms with Gasteiger partial charge in [0.15, 0.2) is 0 Å². The second-order valence-corrected chi connectivity index (χ2v) is 6.16. The third-order valence-electron chi connectivity index (χ3n) is 3.24. The van der Waals surface area contributed by atoms with Crippen LogP contribution in [0.15, 0.2) is 53.5 Å². The summed E-state index contributed by atoms with van der Waals surface area (Å²) in [6.07, 6.45) is 0.294. The Bertz CT molecular complexity index is 727. The van der Waals surface area contributed by atoms with Crippen molar-refractivity contribution in [1.82, 2.24) is 5.32 Å². The Labute approximate surface area is 137 Å². The second-order valence-electron chi connectivity index (χ2n) is 5.04. The topological polar surface area (TPSA) is 66.4 Å². The number of carboxylic acids is 1. The van der Waals surface area contributed by atoms with Crippen molar-refractivity contribution < 1.29 is 14.7 Å². The quantitative estimate of drug-likeness (QED) is 0.829. The zero-order valence-electron chi connectivity index (χ0n) is 11.9. The van der Waals surface area contributed by atoms with Crippen LogP contribution in [0, 0.1) is 0 Å². The summed E-state index contributed by atoms with van der Waals surface area (Å²) in [4.78, 5) is 23.1. The molecule has 1 amide bonds. The zero-order chi connectivity index (χ0) is 16.1. The van der Waals surface area contributed by atoms with E-state index in [0.717, 1.165) is 16.3 Å². The molecule has 5 heteroatoms. The van der Waals surface area contributed by atoms with E-state index in [-0.39, 0.29) is 18.7 Å². The first-order chi connectivity index (χ1) is 10.5. The fourth-order valence-electron chi connectivity index (χ4n) is 2.20. The molecule has 0 fully saturated rings. The molecule has 0 radical (unpaired) electrons. The third-order valence-corrected chi connectivity index (χ3v) is 3.56. The molecular weight excluding hydrogens is 346 g/mol. The summed E-state index contributed by atoms with van der Waals surface area (Å²) in [5.41, 5.74) is 0.845. The molecule has 4 nitrogen and oxygen atoms in total. The largest absolute Gasteiger partial charge is 0.480 e. The molecule has 0 aliphatic rings. The molecule has 0 unspecified atom stereocenters. The third kappa shape index (κ3) is 4.43. The van der Waals surface area contributed by atoms with E-state index in [2.05, 4.69) is 27.8 Å². The minimum absolute atomic E-state index is 0.142. The minimum atomic E-state index is -1.08. The molecular formula is C17H16BrNO3. The van der Waals surface area contributed by atoms with Crippen LogP contribution < -0.4 is 5.32 Å². The van der Waals surface area contributed by atoms with Crippen LogP contribution in [0.5, 0.6) is 0 Å². The van der Waals surface area contributed by atoms with Crippen LogP contribution in [-0.4, -0.2) is 23.0 Å². The van der Waals surface area contributed by atoms with E-state index >= 15 is 0 Å². The fraction of sp³-hybridized carbons (Fsp3) is 0.176. The lowest BCUT2D eigenvalue weighted by Crippen LogP contribution is -2.41. The molecule has 2 rings (SSSR count). The summed E-state index contributed by atoms with van der Waals surface area (Å²) < 4.78 is 0.533. The Morgan fingerprint density at radius 3 is 2.50 bits per heavy atom. The molecule has 0 spiro atoms. The molecule has 0 saturated carbocycles. The number of rotatable bonds is 6. The Morgan fingerprint density at radius 2 is 1.86 bits per heavy atom. The predicted octanol–water partition coefficient (Wildman–Crippen LogP) is 3.25. The summed E-state index contributed by atoms with van der Waals surface area (Å²) in [5, 5.41) is 13.8. The lowest BCUT2D eigenvalue weighted by atomic mass is 10.0. The van der Waals surface area contributed by atoms with Gasteiger partial charge in [0.2, 0.25) is 5.91 Å². The molecule has 2 aromatic rings. The van der Waals surface area contributed by atoms with Crippen LogP contribution in [0.3, 0.4) is 0 Å². The van der Waals surface area contributed by atoms with Gasteiger partial charge in [0.1, 0.15) is 6.04 Å². The van der Waals surface area contributed by atoms with Gasteiger partial charge in [-0.1, -0.05) is 65.0 Å². The number of nitrogens with one attached hydrogen (secondary N) is 1. The molecule has 1 atom stereocenters. The van der Waals surface area contributed by atoms with Crippen molar-refractivity contribution in [3.63, 3.8) is 0 Å². The smallest absolute Gasteiger partial charge is 0.326 e. The van der Waals surface area contributed by atoms with Crippen molar-refractivity contribution in [3.8, 4) is 0 Å². The SMILES string of the molecule is C=C(Br)C[C@@H](NC(=O)Cc1ccc2ccccc2c1)C(=O)O. The van der Waals surface area contributed by atoms with Crippen molar-refractivity contribution in [2.24, 2.45) is 0 Å². The number of fused-ring (bicyclic) bond motifs is 1. The fourth-order valence-corrected chi connectivity index (χ4v) is 2.52. The van der Waals surface area contributed by atoms with E-state index < -0.39 is 12.0 Å². The van der Waals surface area contributed by atoms with Gasteiger partial charge < -0.3 is 10.4 Å². The molecule has 0 bridgehead atoms. The summed E-state index contributed by atoms with van der Waals surface area (Å²) in [6.45, 7) is 3.60. The minimum Gasteiger partial charge on any atom is -0.480 e. The Morgan fingerprint density at radius 1 is 1.18 bits per heavy atom. The highest BCUT2D eigenvalue weighted by Gasteiger charge is 2.20. The number of carbonyl (C=O) groups excluding carboxylic acids is 1. The molecule has 2 N–H and O–H groups in total. The number of hydrogen-bond donors (Lipinski definition) is 2. The lowest BCUT2D eigenvalue weighted by molar-refractivity contribution is -0.141. The highest BCUT2D eigenvalue weighted by atomic mass is 79.9. The summed E-state index contributed by atoms with van der Waals surface area (Å²) >= 11 is 3.12. The number of hydrogen-bond acceptors (Lipinski definition) is 2. The second kappa shape index (κ2) is 7.22. The predicted molar refractivity (Wildman–Crippen MR) is 89.9 cm³/mol. The first kappa shape index (κ1) is 16.2. The molecule has 0 aliphatic carbocycles. The van der Waals surface area contributed by atoms with Gasteiger partial charge in [-0.05, 0) is 20.8 Å². The number of carboxylic acid groups (broad SMARTS) is 1. The summed E-state index contributed by atoms with van der Waals surface area (Å²) in [7, 11) is 0. The van der Waals surface area contributed by atoms with E-state index in [1.165, 1.54) is 0 Å². The molecule has 0 aromatic heterocycles. The van der Waals surface area contributed by atoms with Crippen molar-refractivity contribution >= 4 is 38.6 Å². The van der Waals surface area contributed by atoms with Gasteiger partial charge >= 0.3 is 5.97 Å². The van der Waals surface area contributed by atoms with Gasteiger partial charge in [-0.2, -0.15) is 0 Å². The summed E-state index contributed by atoms with van der Waals surface area (Å²) in [6, 6.07) is 12.7. The number of aliphatic carboxylic acids is 1. The molecule has 22 heavy (non-hydrogen) atoms. The monoisotopic (exact) mass is 361 g/mol. The van der Waals surface area contributed by atoms with Crippen LogP contribution in [-0.2, 0) is 16.0 Å². The van der Waals surface area contributed by atoms with Crippen molar-refractivity contribution in [2.45, 2.75) is 18.9 Å². The molecule has 0 heterocycles. The van der Waals surface area contributed by atoms with E-state index in [1.807, 2.05) is 42.5 Å². The van der Waals surface area contributed by atoms with E-state index in [1.54, 1.807) is 0 Å². The van der Waals surface area contributed by atoms with Crippen molar-refractivity contribution in [1.29, 1.82) is 0 Å². The Balaban J connectivity index is 2.06. The molecule has 0 saturated heterocycles. The van der Waals surface area contributed by atoms with Gasteiger partial charge in [0.05, 0.1) is 6.42 Å². The first-order valence-electron chi connectivity index (χ1n) is 6.79. The van der Waals surface area contributed by atoms with Gasteiger partial charge in [0, 0.05) is 6.42 Å². The average Bonchev–Trinajstić information content (AvgIpc) is 2.45. The molecule has 0 aliphatic heterocycles. The van der Waals surface area contributed by atoms with E-state index in [4.69, 9.17) is 5.11 Å².